The first kappa shape index (κ1) is 29.1. The van der Waals surface area contributed by atoms with Gasteiger partial charge in [-0.1, -0.05) is 17.7 Å². The number of aryl methyl sites for hydroxylation is 2. The molecule has 218 valence electrons. The summed E-state index contributed by atoms with van der Waals surface area (Å²) < 4.78 is 11.4. The lowest BCUT2D eigenvalue weighted by molar-refractivity contribution is -0.144. The number of benzene rings is 2. The van der Waals surface area contributed by atoms with E-state index in [4.69, 9.17) is 14.5 Å². The van der Waals surface area contributed by atoms with Crippen LogP contribution in [0.1, 0.15) is 46.3 Å². The van der Waals surface area contributed by atoms with Gasteiger partial charge in [0.1, 0.15) is 12.4 Å². The van der Waals surface area contributed by atoms with Gasteiger partial charge < -0.3 is 24.4 Å². The Hall–Kier alpha value is -3.43. The number of methoxy groups -OCH3 is 1. The Balaban J connectivity index is 1.27. The number of hydrogen-bond donors (Lipinski definition) is 1. The quantitative estimate of drug-likeness (QED) is 0.294. The zero-order valence-electron chi connectivity index (χ0n) is 24.3. The molecular weight excluding hydrogens is 538 g/mol. The fourth-order valence-corrected chi connectivity index (χ4v) is 7.05. The molecule has 1 amide bonds. The molecule has 1 aliphatic heterocycles. The van der Waals surface area contributed by atoms with Crippen LogP contribution >= 0.6 is 11.3 Å². The number of fused-ring (bicyclic) bond motifs is 2. The van der Waals surface area contributed by atoms with Crippen molar-refractivity contribution in [3.8, 4) is 17.0 Å². The molecule has 5 rings (SSSR count). The summed E-state index contributed by atoms with van der Waals surface area (Å²) in [5.41, 5.74) is 5.62. The number of carboxylic acid groups (broad SMARTS) is 1. The van der Waals surface area contributed by atoms with E-state index in [0.717, 1.165) is 71.2 Å². The predicted molar refractivity (Wildman–Crippen MR) is 161 cm³/mol. The molecule has 3 atom stereocenters. The molecule has 0 radical (unpaired) electrons. The Kier molecular flexibility index (Phi) is 8.94. The third-order valence-corrected chi connectivity index (χ3v) is 9.36. The molecule has 3 aromatic rings. The molecular formula is C32H39N3O5S. The van der Waals surface area contributed by atoms with Crippen molar-refractivity contribution in [3.05, 3.63) is 64.0 Å². The Bertz CT molecular complexity index is 1390. The molecule has 1 aromatic heterocycles. The van der Waals surface area contributed by atoms with E-state index in [-0.39, 0.29) is 23.7 Å². The van der Waals surface area contributed by atoms with Crippen LogP contribution in [0.25, 0.3) is 11.3 Å². The first-order valence-electron chi connectivity index (χ1n) is 14.3. The highest BCUT2D eigenvalue weighted by molar-refractivity contribution is 7.14. The van der Waals surface area contributed by atoms with Crippen LogP contribution in [0.15, 0.2) is 41.8 Å². The van der Waals surface area contributed by atoms with E-state index < -0.39 is 5.97 Å². The Morgan fingerprint density at radius 2 is 1.88 bits per heavy atom. The van der Waals surface area contributed by atoms with Crippen LogP contribution in [0.2, 0.25) is 0 Å². The second kappa shape index (κ2) is 12.6. The van der Waals surface area contributed by atoms with Crippen molar-refractivity contribution >= 4 is 28.3 Å². The molecule has 0 unspecified atom stereocenters. The number of carbonyl (C=O) groups excluding carboxylic acids is 1. The maximum atomic E-state index is 12.8. The summed E-state index contributed by atoms with van der Waals surface area (Å²) >= 11 is 1.61. The largest absolute Gasteiger partial charge is 0.488 e. The van der Waals surface area contributed by atoms with E-state index in [0.29, 0.717) is 25.3 Å². The summed E-state index contributed by atoms with van der Waals surface area (Å²) in [6.07, 6.45) is 2.75. The fourth-order valence-electron chi connectivity index (χ4n) is 6.20. The van der Waals surface area contributed by atoms with Crippen molar-refractivity contribution in [2.75, 3.05) is 45.3 Å². The minimum Gasteiger partial charge on any atom is -0.488 e. The van der Waals surface area contributed by atoms with E-state index in [1.807, 2.05) is 44.3 Å². The molecule has 8 nitrogen and oxygen atoms in total. The number of piperidine rings is 1. The first-order valence-corrected chi connectivity index (χ1v) is 15.1. The van der Waals surface area contributed by atoms with E-state index in [1.54, 1.807) is 23.3 Å². The van der Waals surface area contributed by atoms with Gasteiger partial charge in [-0.2, -0.15) is 0 Å². The number of anilines is 1. The number of carboxylic acids is 1. The molecule has 2 heterocycles. The fraction of sp³-hybridized carbons (Fsp3) is 0.469. The number of nitrogens with zero attached hydrogens (tertiary/aromatic N) is 3. The normalized spacial score (nSPS) is 19.8. The molecule has 1 saturated carbocycles. The topological polar surface area (TPSA) is 92.2 Å². The van der Waals surface area contributed by atoms with Gasteiger partial charge in [0.05, 0.1) is 11.6 Å². The molecule has 9 heteroatoms. The van der Waals surface area contributed by atoms with Gasteiger partial charge in [0.25, 0.3) is 5.91 Å². The maximum absolute atomic E-state index is 12.8. The third kappa shape index (κ3) is 6.41. The zero-order chi connectivity index (χ0) is 29.1. The zero-order valence-corrected chi connectivity index (χ0v) is 25.1. The van der Waals surface area contributed by atoms with Crippen molar-refractivity contribution in [1.82, 2.24) is 9.88 Å². The summed E-state index contributed by atoms with van der Waals surface area (Å²) in [5, 5.41) is 12.7. The van der Waals surface area contributed by atoms with Gasteiger partial charge >= 0.3 is 5.97 Å². The number of rotatable bonds is 11. The number of hydrogen-bond acceptors (Lipinski definition) is 7. The van der Waals surface area contributed by atoms with Gasteiger partial charge in [0.2, 0.25) is 0 Å². The molecule has 1 N–H and O–H groups in total. The number of aromatic nitrogens is 1. The summed E-state index contributed by atoms with van der Waals surface area (Å²) in [5.74, 6) is 0.265. The number of carbonyl (C=O) groups is 2. The van der Waals surface area contributed by atoms with Crippen LogP contribution in [-0.2, 0) is 16.1 Å². The molecule has 1 aliphatic carbocycles. The van der Waals surface area contributed by atoms with Crippen LogP contribution in [0.3, 0.4) is 0 Å². The lowest BCUT2D eigenvalue weighted by Crippen LogP contribution is -2.44. The summed E-state index contributed by atoms with van der Waals surface area (Å²) in [6, 6.07) is 11.9. The van der Waals surface area contributed by atoms with E-state index in [9.17, 15) is 14.7 Å². The van der Waals surface area contributed by atoms with Gasteiger partial charge in [-0.3, -0.25) is 9.59 Å². The van der Waals surface area contributed by atoms with Crippen molar-refractivity contribution in [2.45, 2.75) is 39.7 Å². The highest BCUT2D eigenvalue weighted by Crippen LogP contribution is 2.44. The first-order chi connectivity index (χ1) is 19.7. The number of ether oxygens (including phenoxy) is 2. The standard InChI is InChI=1S/C32H39N3O5S/c1-20-6-11-28(40-18-25-10-7-22(15-21(25)2)30(36)34(3)12-5-13-39-4)26(14-20)27-19-41-32(33-27)35-16-23-8-9-24(17-35)29(23)31(37)38/h6-7,10-11,14-15,19,23-24,29H,5,8-9,12-13,16-18H2,1-4H3,(H,37,38)/t23-,24+,29+. The molecule has 2 aromatic carbocycles. The average Bonchev–Trinajstić information content (AvgIpc) is 3.55. The summed E-state index contributed by atoms with van der Waals surface area (Å²) in [7, 11) is 3.48. The Morgan fingerprint density at radius 3 is 2.56 bits per heavy atom. The van der Waals surface area contributed by atoms with Crippen LogP contribution in [0, 0.1) is 31.6 Å². The van der Waals surface area contributed by atoms with Gasteiger partial charge in [0, 0.05) is 56.9 Å². The minimum absolute atomic E-state index is 0.00276. The number of thiazole rings is 1. The maximum Gasteiger partial charge on any atom is 0.307 e. The van der Waals surface area contributed by atoms with Crippen LogP contribution < -0.4 is 9.64 Å². The lowest BCUT2D eigenvalue weighted by Gasteiger charge is -2.35. The van der Waals surface area contributed by atoms with Gasteiger partial charge in [-0.25, -0.2) is 4.98 Å². The predicted octanol–water partition coefficient (Wildman–Crippen LogP) is 5.66. The molecule has 2 aliphatic rings. The smallest absolute Gasteiger partial charge is 0.307 e. The van der Waals surface area contributed by atoms with E-state index in [1.165, 1.54) is 0 Å². The second-order valence-electron chi connectivity index (χ2n) is 11.4. The molecule has 0 spiro atoms. The van der Waals surface area contributed by atoms with Crippen LogP contribution in [-0.4, -0.2) is 67.3 Å². The lowest BCUT2D eigenvalue weighted by atomic mass is 9.85. The molecule has 2 bridgehead atoms. The number of amides is 1. The van der Waals surface area contributed by atoms with Crippen molar-refractivity contribution in [1.29, 1.82) is 0 Å². The van der Waals surface area contributed by atoms with Gasteiger partial charge in [0.15, 0.2) is 5.13 Å². The highest BCUT2D eigenvalue weighted by Gasteiger charge is 2.46. The van der Waals surface area contributed by atoms with Crippen LogP contribution in [0.4, 0.5) is 5.13 Å². The molecule has 1 saturated heterocycles. The second-order valence-corrected chi connectivity index (χ2v) is 12.2. The van der Waals surface area contributed by atoms with E-state index >= 15 is 0 Å². The monoisotopic (exact) mass is 577 g/mol. The van der Waals surface area contributed by atoms with Crippen molar-refractivity contribution in [2.24, 2.45) is 17.8 Å². The van der Waals surface area contributed by atoms with Gasteiger partial charge in [-0.15, -0.1) is 11.3 Å². The average molecular weight is 578 g/mol. The Labute approximate surface area is 245 Å². The highest BCUT2D eigenvalue weighted by atomic mass is 32.1. The SMILES string of the molecule is COCCCN(C)C(=O)c1ccc(COc2ccc(C)cc2-c2csc(N3C[C@H]4CC[C@@H](C3)[C@H]4C(=O)O)n2)c(C)c1. The van der Waals surface area contributed by atoms with E-state index in [2.05, 4.69) is 23.3 Å². The third-order valence-electron chi connectivity index (χ3n) is 8.45. The summed E-state index contributed by atoms with van der Waals surface area (Å²) in [4.78, 5) is 33.6. The molecule has 41 heavy (non-hydrogen) atoms. The van der Waals surface area contributed by atoms with Crippen LogP contribution in [0.5, 0.6) is 5.75 Å². The van der Waals surface area contributed by atoms with Gasteiger partial charge in [-0.05, 0) is 80.3 Å². The number of aliphatic carboxylic acids is 1. The van der Waals surface area contributed by atoms with Crippen molar-refractivity contribution in [3.63, 3.8) is 0 Å². The van der Waals surface area contributed by atoms with Crippen molar-refractivity contribution < 1.29 is 24.2 Å². The minimum atomic E-state index is -0.653. The molecule has 2 fully saturated rings. The summed E-state index contributed by atoms with van der Waals surface area (Å²) in [6.45, 7) is 7.21. The Morgan fingerprint density at radius 1 is 1.12 bits per heavy atom.